The molecule has 1 spiro atoms. The summed E-state index contributed by atoms with van der Waals surface area (Å²) >= 11 is 13.9. The van der Waals surface area contributed by atoms with Crippen molar-refractivity contribution in [3.05, 3.63) is 69.7 Å². The van der Waals surface area contributed by atoms with Crippen LogP contribution in [-0.4, -0.2) is 37.0 Å². The quantitative estimate of drug-likeness (QED) is 0.347. The average molecular weight is 577 g/mol. The van der Waals surface area contributed by atoms with Gasteiger partial charge in [-0.2, -0.15) is 0 Å². The highest BCUT2D eigenvalue weighted by Crippen LogP contribution is 2.52. The number of piperidine rings is 1. The summed E-state index contributed by atoms with van der Waals surface area (Å²) in [6, 6.07) is 10.6. The Morgan fingerprint density at radius 3 is 2.54 bits per heavy atom. The predicted octanol–water partition coefficient (Wildman–Crippen LogP) is 6.57. The maximum Gasteiger partial charge on any atom is 0.149 e. The van der Waals surface area contributed by atoms with Crippen LogP contribution in [0.1, 0.15) is 56.5 Å². The van der Waals surface area contributed by atoms with Crippen LogP contribution in [0.2, 0.25) is 10.2 Å². The van der Waals surface area contributed by atoms with Gasteiger partial charge in [0.05, 0.1) is 39.2 Å². The second-order valence-corrected chi connectivity index (χ2v) is 14.6. The van der Waals surface area contributed by atoms with E-state index in [1.54, 1.807) is 6.20 Å². The molecule has 1 aromatic carbocycles. The van der Waals surface area contributed by atoms with Gasteiger partial charge in [0.2, 0.25) is 0 Å². The third-order valence-corrected chi connectivity index (χ3v) is 10.6. The Morgan fingerprint density at radius 2 is 1.86 bits per heavy atom. The number of hydrogen-bond donors (Lipinski definition) is 1. The first-order chi connectivity index (χ1) is 17.6. The molecule has 2 aliphatic rings. The lowest BCUT2D eigenvalue weighted by Gasteiger charge is -2.44. The number of benzene rings is 1. The van der Waals surface area contributed by atoms with E-state index in [-0.39, 0.29) is 16.2 Å². The van der Waals surface area contributed by atoms with Crippen molar-refractivity contribution in [3.8, 4) is 0 Å². The highest BCUT2D eigenvalue weighted by atomic mass is 35.5. The van der Waals surface area contributed by atoms with Crippen LogP contribution in [0.3, 0.4) is 0 Å². The van der Waals surface area contributed by atoms with E-state index < -0.39 is 11.0 Å². The van der Waals surface area contributed by atoms with Crippen molar-refractivity contribution in [3.63, 3.8) is 0 Å². The largest absolute Gasteiger partial charge is 0.355 e. The Balaban J connectivity index is 1.29. The third kappa shape index (κ3) is 5.55. The van der Waals surface area contributed by atoms with Gasteiger partial charge >= 0.3 is 0 Å². The van der Waals surface area contributed by atoms with Gasteiger partial charge in [-0.05, 0) is 69.6 Å². The van der Waals surface area contributed by atoms with Crippen molar-refractivity contribution < 1.29 is 4.21 Å². The van der Waals surface area contributed by atoms with Crippen molar-refractivity contribution in [2.75, 3.05) is 18.0 Å². The second-order valence-electron chi connectivity index (χ2n) is 10.8. The molecular weight excluding hydrogens is 545 g/mol. The Bertz CT molecular complexity index is 1320. The number of fused-ring (bicyclic) bond motifs is 1. The molecule has 1 saturated heterocycles. The summed E-state index contributed by atoms with van der Waals surface area (Å²) in [6.07, 6.45) is 6.60. The van der Waals surface area contributed by atoms with E-state index >= 15 is 0 Å². The van der Waals surface area contributed by atoms with Crippen molar-refractivity contribution >= 4 is 51.8 Å². The fraction of sp³-hybridized carbons (Fsp3) is 0.444. The van der Waals surface area contributed by atoms with Gasteiger partial charge in [0.15, 0.2) is 0 Å². The Kier molecular flexibility index (Phi) is 7.59. The van der Waals surface area contributed by atoms with Crippen molar-refractivity contribution in [2.45, 2.75) is 67.7 Å². The zero-order chi connectivity index (χ0) is 26.4. The summed E-state index contributed by atoms with van der Waals surface area (Å²) in [6.45, 7) is 9.69. The Labute approximate surface area is 235 Å². The molecule has 1 aliphatic heterocycles. The highest BCUT2D eigenvalue weighted by molar-refractivity contribution is 7.99. The number of nitrogens with zero attached hydrogens (tertiary/aromatic N) is 4. The molecule has 1 aliphatic carbocycles. The molecule has 0 amide bonds. The molecule has 1 N–H and O–H groups in total. The van der Waals surface area contributed by atoms with Crippen LogP contribution in [-0.2, 0) is 17.4 Å². The maximum atomic E-state index is 13.1. The molecule has 10 heteroatoms. The van der Waals surface area contributed by atoms with Gasteiger partial charge < -0.3 is 4.90 Å². The van der Waals surface area contributed by atoms with Gasteiger partial charge in [-0.15, -0.1) is 0 Å². The van der Waals surface area contributed by atoms with Gasteiger partial charge in [0.25, 0.3) is 0 Å². The average Bonchev–Trinajstić information content (AvgIpc) is 3.15. The van der Waals surface area contributed by atoms with Crippen LogP contribution in [0.15, 0.2) is 52.6 Å². The van der Waals surface area contributed by atoms with Gasteiger partial charge in [-0.1, -0.05) is 59.2 Å². The van der Waals surface area contributed by atoms with E-state index in [2.05, 4.69) is 43.9 Å². The molecule has 3 heterocycles. The van der Waals surface area contributed by atoms with Gasteiger partial charge in [0, 0.05) is 23.7 Å². The lowest BCUT2D eigenvalue weighted by Crippen LogP contribution is -2.48. The predicted molar refractivity (Wildman–Crippen MR) is 153 cm³/mol. The molecule has 1 fully saturated rings. The van der Waals surface area contributed by atoms with Gasteiger partial charge in [-0.25, -0.2) is 23.9 Å². The van der Waals surface area contributed by atoms with E-state index in [4.69, 9.17) is 28.2 Å². The Hall–Kier alpha value is -1.71. The molecule has 0 saturated carbocycles. The minimum Gasteiger partial charge on any atom is -0.355 e. The standard InChI is InChI=1S/C27H31Cl2N5OS2/c1-17-13-20(23(28)25(29)32-17)36-22-16-30-21(15-31-22)34-11-9-27(10-12-34)14-18-7-5-6-8-19(18)24(27)33-37(35)26(2,3)4/h5-8,13,15-16,24,33H,9-12,14H2,1-4H3/t24-,37-/m1/s1. The van der Waals surface area contributed by atoms with Crippen LogP contribution >= 0.6 is 35.0 Å². The summed E-state index contributed by atoms with van der Waals surface area (Å²) in [4.78, 5) is 16.6. The summed E-state index contributed by atoms with van der Waals surface area (Å²) in [5.74, 6) is 0.868. The van der Waals surface area contributed by atoms with Crippen LogP contribution in [0.25, 0.3) is 0 Å². The van der Waals surface area contributed by atoms with Crippen molar-refractivity contribution in [1.29, 1.82) is 0 Å². The number of anilines is 1. The summed E-state index contributed by atoms with van der Waals surface area (Å²) < 4.78 is 16.3. The lowest BCUT2D eigenvalue weighted by atomic mass is 9.73. The first-order valence-corrected chi connectivity index (χ1v) is 15.1. The second kappa shape index (κ2) is 10.5. The summed E-state index contributed by atoms with van der Waals surface area (Å²) in [5, 5.41) is 1.47. The van der Waals surface area contributed by atoms with Crippen LogP contribution < -0.4 is 9.62 Å². The third-order valence-electron chi connectivity index (χ3n) is 7.23. The molecule has 6 nitrogen and oxygen atoms in total. The molecule has 0 radical (unpaired) electrons. The summed E-state index contributed by atoms with van der Waals surface area (Å²) in [7, 11) is -1.14. The number of pyridine rings is 1. The first kappa shape index (κ1) is 26.9. The highest BCUT2D eigenvalue weighted by Gasteiger charge is 2.48. The van der Waals surface area contributed by atoms with E-state index in [1.807, 2.05) is 40.0 Å². The molecule has 37 heavy (non-hydrogen) atoms. The van der Waals surface area contributed by atoms with E-state index in [0.29, 0.717) is 10.2 Å². The molecule has 3 aromatic rings. The number of rotatable bonds is 5. The zero-order valence-electron chi connectivity index (χ0n) is 21.4. The summed E-state index contributed by atoms with van der Waals surface area (Å²) in [5.41, 5.74) is 3.50. The molecule has 5 rings (SSSR count). The van der Waals surface area contributed by atoms with Crippen LogP contribution in [0, 0.1) is 12.3 Å². The van der Waals surface area contributed by atoms with E-state index in [9.17, 15) is 4.21 Å². The smallest absolute Gasteiger partial charge is 0.149 e. The number of aryl methyl sites for hydroxylation is 1. The molecule has 0 unspecified atom stereocenters. The SMILES string of the molecule is Cc1cc(Sc2cnc(N3CCC4(CC3)Cc3ccccc3[C@H]4N[S@](=O)C(C)(C)C)cn2)c(Cl)c(Cl)n1. The minimum absolute atomic E-state index is 0.0412. The zero-order valence-corrected chi connectivity index (χ0v) is 24.6. The van der Waals surface area contributed by atoms with Crippen LogP contribution in [0.4, 0.5) is 5.82 Å². The fourth-order valence-corrected chi connectivity index (χ4v) is 7.51. The number of nitrogens with one attached hydrogen (secondary N) is 1. The van der Waals surface area contributed by atoms with Gasteiger partial charge in [0.1, 0.15) is 16.0 Å². The molecule has 2 atom stereocenters. The molecule has 196 valence electrons. The lowest BCUT2D eigenvalue weighted by molar-refractivity contribution is 0.177. The molecular formula is C27H31Cl2N5OS2. The van der Waals surface area contributed by atoms with Gasteiger partial charge in [-0.3, -0.25) is 0 Å². The minimum atomic E-state index is -1.14. The normalized spacial score (nSPS) is 19.7. The number of hydrogen-bond acceptors (Lipinski definition) is 6. The molecule has 2 aromatic heterocycles. The topological polar surface area (TPSA) is 71.0 Å². The number of halogens is 2. The van der Waals surface area contributed by atoms with Crippen molar-refractivity contribution in [1.82, 2.24) is 19.7 Å². The monoisotopic (exact) mass is 575 g/mol. The van der Waals surface area contributed by atoms with Crippen molar-refractivity contribution in [2.24, 2.45) is 5.41 Å². The number of aromatic nitrogens is 3. The Morgan fingerprint density at radius 1 is 1.14 bits per heavy atom. The fourth-order valence-electron chi connectivity index (χ4n) is 5.21. The molecule has 0 bridgehead atoms. The van der Waals surface area contributed by atoms with Crippen LogP contribution in [0.5, 0.6) is 0 Å². The van der Waals surface area contributed by atoms with E-state index in [1.165, 1.54) is 22.9 Å². The maximum absolute atomic E-state index is 13.1. The van der Waals surface area contributed by atoms with E-state index in [0.717, 1.165) is 53.8 Å². The first-order valence-electron chi connectivity index (χ1n) is 12.4.